The molecule has 0 aliphatic rings. The summed E-state index contributed by atoms with van der Waals surface area (Å²) in [4.78, 5) is 0. The summed E-state index contributed by atoms with van der Waals surface area (Å²) < 4.78 is 59.1. The standard InChI is InChI=1S/C13H6BBrF4O/c14-7-1-3-9(4-2-7)20-13(18,19)12-10(16)5-8(15)6-11(12)17/h1-6H. The van der Waals surface area contributed by atoms with Gasteiger partial charge in [-0.3, -0.25) is 0 Å². The van der Waals surface area contributed by atoms with Gasteiger partial charge in [0.2, 0.25) is 0 Å². The maximum Gasteiger partial charge on any atom is 0.432 e. The molecule has 0 aromatic heterocycles. The molecule has 2 radical (unpaired) electrons. The molecule has 0 fully saturated rings. The molecule has 0 saturated carbocycles. The zero-order valence-electron chi connectivity index (χ0n) is 9.84. The van der Waals surface area contributed by atoms with Gasteiger partial charge in [-0.2, -0.15) is 8.78 Å². The van der Waals surface area contributed by atoms with Gasteiger partial charge >= 0.3 is 6.11 Å². The largest absolute Gasteiger partial charge is 0.432 e. The van der Waals surface area contributed by atoms with Gasteiger partial charge in [-0.25, -0.2) is 8.78 Å². The van der Waals surface area contributed by atoms with Gasteiger partial charge in [0.1, 0.15) is 30.8 Å². The number of ether oxygens (including phenoxy) is 1. The van der Waals surface area contributed by atoms with Crippen LogP contribution in [0, 0.1) is 11.6 Å². The molecular formula is C13H6BBrF4O. The number of rotatable bonds is 3. The van der Waals surface area contributed by atoms with Crippen LogP contribution in [-0.4, -0.2) is 7.85 Å². The van der Waals surface area contributed by atoms with Crippen LogP contribution in [0.2, 0.25) is 0 Å². The van der Waals surface area contributed by atoms with Crippen molar-refractivity contribution in [2.75, 3.05) is 0 Å². The Morgan fingerprint density at radius 2 is 1.50 bits per heavy atom. The summed E-state index contributed by atoms with van der Waals surface area (Å²) in [5, 5.41) is 0. The fraction of sp³-hybridized carbons (Fsp3) is 0.0769. The Balaban J connectivity index is 2.37. The SMILES string of the molecule is [B]c1ccc(OC(F)(F)c2c(F)cc(Br)cc2F)cc1. The smallest absolute Gasteiger partial charge is 0.429 e. The molecule has 2 aromatic carbocycles. The van der Waals surface area contributed by atoms with E-state index in [4.69, 9.17) is 7.85 Å². The average molecular weight is 345 g/mol. The van der Waals surface area contributed by atoms with Gasteiger partial charge in [-0.15, -0.1) is 0 Å². The summed E-state index contributed by atoms with van der Waals surface area (Å²) in [7, 11) is 5.40. The Kier molecular flexibility index (Phi) is 4.08. The molecule has 0 atom stereocenters. The van der Waals surface area contributed by atoms with Crippen LogP contribution in [0.1, 0.15) is 5.56 Å². The van der Waals surface area contributed by atoms with E-state index < -0.39 is 23.3 Å². The summed E-state index contributed by atoms with van der Waals surface area (Å²) in [6, 6.07) is 6.49. The monoisotopic (exact) mass is 344 g/mol. The van der Waals surface area contributed by atoms with Crippen molar-refractivity contribution in [2.24, 2.45) is 0 Å². The molecule has 7 heteroatoms. The number of halogens is 5. The Bertz CT molecular complexity index is 608. The fourth-order valence-corrected chi connectivity index (χ4v) is 1.96. The normalized spacial score (nSPS) is 11.4. The van der Waals surface area contributed by atoms with Crippen molar-refractivity contribution in [1.29, 1.82) is 0 Å². The van der Waals surface area contributed by atoms with Crippen LogP contribution in [0.3, 0.4) is 0 Å². The lowest BCUT2D eigenvalue weighted by Crippen LogP contribution is -2.25. The van der Waals surface area contributed by atoms with Gasteiger partial charge in [-0.05, 0) is 24.3 Å². The van der Waals surface area contributed by atoms with Crippen LogP contribution in [0.15, 0.2) is 40.9 Å². The quantitative estimate of drug-likeness (QED) is 0.610. The van der Waals surface area contributed by atoms with Crippen LogP contribution >= 0.6 is 15.9 Å². The van der Waals surface area contributed by atoms with E-state index in [1.54, 1.807) is 0 Å². The van der Waals surface area contributed by atoms with E-state index in [-0.39, 0.29) is 10.2 Å². The second-order valence-corrected chi connectivity index (χ2v) is 4.85. The van der Waals surface area contributed by atoms with Crippen molar-refractivity contribution in [3.8, 4) is 5.75 Å². The highest BCUT2D eigenvalue weighted by atomic mass is 79.9. The van der Waals surface area contributed by atoms with Crippen molar-refractivity contribution >= 4 is 29.2 Å². The molecule has 0 aliphatic heterocycles. The summed E-state index contributed by atoms with van der Waals surface area (Å²) in [5.41, 5.74) is -1.10. The Labute approximate surface area is 122 Å². The van der Waals surface area contributed by atoms with Gasteiger partial charge < -0.3 is 4.74 Å². The highest BCUT2D eigenvalue weighted by Crippen LogP contribution is 2.35. The predicted molar refractivity (Wildman–Crippen MR) is 70.4 cm³/mol. The molecule has 20 heavy (non-hydrogen) atoms. The molecule has 2 rings (SSSR count). The fourth-order valence-electron chi connectivity index (χ4n) is 1.56. The van der Waals surface area contributed by atoms with Crippen LogP contribution < -0.4 is 10.2 Å². The van der Waals surface area contributed by atoms with Crippen molar-refractivity contribution in [3.05, 3.63) is 58.1 Å². The number of alkyl halides is 2. The third kappa shape index (κ3) is 3.15. The Morgan fingerprint density at radius 1 is 1.00 bits per heavy atom. The first-order chi connectivity index (χ1) is 9.29. The summed E-state index contributed by atoms with van der Waals surface area (Å²) in [6.07, 6.45) is -4.15. The van der Waals surface area contributed by atoms with Gasteiger partial charge in [0, 0.05) is 4.47 Å². The minimum Gasteiger partial charge on any atom is -0.429 e. The topological polar surface area (TPSA) is 9.23 Å². The lowest BCUT2D eigenvalue weighted by Gasteiger charge is -2.19. The number of hydrogen-bond acceptors (Lipinski definition) is 1. The first-order valence-electron chi connectivity index (χ1n) is 5.37. The third-order valence-electron chi connectivity index (χ3n) is 2.42. The molecule has 0 spiro atoms. The molecule has 0 saturated heterocycles. The van der Waals surface area contributed by atoms with Gasteiger partial charge in [-0.1, -0.05) is 33.5 Å². The summed E-state index contributed by atoms with van der Waals surface area (Å²) >= 11 is 2.81. The van der Waals surface area contributed by atoms with Crippen molar-refractivity contribution in [1.82, 2.24) is 0 Å². The lowest BCUT2D eigenvalue weighted by atomic mass is 9.97. The molecule has 2 aromatic rings. The van der Waals surface area contributed by atoms with E-state index in [9.17, 15) is 17.6 Å². The van der Waals surface area contributed by atoms with Gasteiger partial charge in [0.05, 0.1) is 0 Å². The highest BCUT2D eigenvalue weighted by Gasteiger charge is 2.41. The second kappa shape index (κ2) is 5.48. The van der Waals surface area contributed by atoms with Crippen LogP contribution in [0.25, 0.3) is 0 Å². The highest BCUT2D eigenvalue weighted by molar-refractivity contribution is 9.10. The lowest BCUT2D eigenvalue weighted by molar-refractivity contribution is -0.189. The molecule has 0 aliphatic carbocycles. The van der Waals surface area contributed by atoms with Gasteiger partial charge in [0.25, 0.3) is 0 Å². The molecule has 1 nitrogen and oxygen atoms in total. The molecule has 0 heterocycles. The van der Waals surface area contributed by atoms with Crippen LogP contribution in [0.5, 0.6) is 5.75 Å². The van der Waals surface area contributed by atoms with Crippen molar-refractivity contribution in [3.63, 3.8) is 0 Å². The van der Waals surface area contributed by atoms with E-state index >= 15 is 0 Å². The summed E-state index contributed by atoms with van der Waals surface area (Å²) in [6.45, 7) is 0. The summed E-state index contributed by atoms with van der Waals surface area (Å²) in [5.74, 6) is -3.07. The number of hydrogen-bond donors (Lipinski definition) is 0. The molecule has 102 valence electrons. The first kappa shape index (κ1) is 14.9. The number of benzene rings is 2. The maximum atomic E-state index is 13.8. The van der Waals surface area contributed by atoms with Crippen LogP contribution in [0.4, 0.5) is 17.6 Å². The molecule has 0 amide bonds. The van der Waals surface area contributed by atoms with E-state index in [1.165, 1.54) is 24.3 Å². The first-order valence-corrected chi connectivity index (χ1v) is 6.16. The van der Waals surface area contributed by atoms with Crippen molar-refractivity contribution in [2.45, 2.75) is 6.11 Å². The molecule has 0 unspecified atom stereocenters. The third-order valence-corrected chi connectivity index (χ3v) is 2.88. The average Bonchev–Trinajstić information content (AvgIpc) is 2.30. The maximum absolute atomic E-state index is 13.8. The predicted octanol–water partition coefficient (Wildman–Crippen LogP) is 3.65. The van der Waals surface area contributed by atoms with Gasteiger partial charge in [0.15, 0.2) is 0 Å². The second-order valence-electron chi connectivity index (χ2n) is 3.93. The van der Waals surface area contributed by atoms with E-state index in [0.717, 1.165) is 12.1 Å². The zero-order valence-corrected chi connectivity index (χ0v) is 11.4. The van der Waals surface area contributed by atoms with Crippen molar-refractivity contribution < 1.29 is 22.3 Å². The Hall–Kier alpha value is -1.50. The zero-order chi connectivity index (χ0) is 14.9. The molecule has 0 N–H and O–H groups in total. The molecule has 0 bridgehead atoms. The molecular weight excluding hydrogens is 339 g/mol. The van der Waals surface area contributed by atoms with E-state index in [2.05, 4.69) is 20.7 Å². The van der Waals surface area contributed by atoms with Crippen LogP contribution in [-0.2, 0) is 6.11 Å². The van der Waals surface area contributed by atoms with E-state index in [1.807, 2.05) is 0 Å². The van der Waals surface area contributed by atoms with E-state index in [0.29, 0.717) is 5.46 Å². The minimum atomic E-state index is -4.15. The minimum absolute atomic E-state index is 0.0135. The Morgan fingerprint density at radius 3 is 2.00 bits per heavy atom.